The summed E-state index contributed by atoms with van der Waals surface area (Å²) in [6.45, 7) is 0. The third-order valence-corrected chi connectivity index (χ3v) is 6.87. The zero-order chi connectivity index (χ0) is 14.4. The SMILES string of the molecule is N#CC(=C1SC2Cc3cc(F)ccc3C2S1)n1ccnc1. The molecule has 1 saturated heterocycles. The largest absolute Gasteiger partial charge is 0.296 e. The predicted molar refractivity (Wildman–Crippen MR) is 82.9 cm³/mol. The molecule has 1 aliphatic carbocycles. The Labute approximate surface area is 129 Å². The second kappa shape index (κ2) is 4.93. The first kappa shape index (κ1) is 13.0. The van der Waals surface area contributed by atoms with Crippen molar-refractivity contribution < 1.29 is 4.39 Å². The van der Waals surface area contributed by atoms with Crippen LogP contribution in [0.25, 0.3) is 5.70 Å². The lowest BCUT2D eigenvalue weighted by atomic mass is 10.1. The molecule has 4 rings (SSSR count). The number of rotatable bonds is 1. The number of halogens is 1. The maximum absolute atomic E-state index is 13.3. The minimum Gasteiger partial charge on any atom is -0.296 e. The molecule has 1 aliphatic heterocycles. The highest BCUT2D eigenvalue weighted by Crippen LogP contribution is 2.61. The molecule has 0 N–H and O–H groups in total. The van der Waals surface area contributed by atoms with Gasteiger partial charge in [-0.1, -0.05) is 6.07 Å². The van der Waals surface area contributed by atoms with Crippen molar-refractivity contribution in [1.82, 2.24) is 9.55 Å². The van der Waals surface area contributed by atoms with Gasteiger partial charge in [0.15, 0.2) is 0 Å². The van der Waals surface area contributed by atoms with E-state index in [4.69, 9.17) is 0 Å². The summed E-state index contributed by atoms with van der Waals surface area (Å²) in [7, 11) is 0. The molecule has 3 nitrogen and oxygen atoms in total. The average molecular weight is 315 g/mol. The molecule has 6 heteroatoms. The number of aromatic nitrogens is 2. The van der Waals surface area contributed by atoms with Crippen LogP contribution < -0.4 is 0 Å². The Morgan fingerprint density at radius 1 is 1.43 bits per heavy atom. The summed E-state index contributed by atoms with van der Waals surface area (Å²) in [6.07, 6.45) is 5.96. The van der Waals surface area contributed by atoms with Gasteiger partial charge in [-0.05, 0) is 29.7 Å². The van der Waals surface area contributed by atoms with Crippen molar-refractivity contribution in [3.63, 3.8) is 0 Å². The van der Waals surface area contributed by atoms with Crippen LogP contribution in [0.1, 0.15) is 16.4 Å². The third kappa shape index (κ3) is 2.08. The minimum atomic E-state index is -0.171. The van der Waals surface area contributed by atoms with Crippen LogP contribution >= 0.6 is 23.5 Å². The smallest absolute Gasteiger partial charge is 0.145 e. The van der Waals surface area contributed by atoms with Crippen molar-refractivity contribution in [3.05, 3.63) is 58.1 Å². The Balaban J connectivity index is 1.71. The van der Waals surface area contributed by atoms with Crippen molar-refractivity contribution in [2.45, 2.75) is 16.9 Å². The van der Waals surface area contributed by atoms with Crippen molar-refractivity contribution in [2.75, 3.05) is 0 Å². The molecule has 0 saturated carbocycles. The molecule has 2 atom stereocenters. The van der Waals surface area contributed by atoms with Crippen molar-refractivity contribution in [2.24, 2.45) is 0 Å². The quantitative estimate of drug-likeness (QED) is 0.750. The molecule has 0 bridgehead atoms. The molecule has 1 aromatic heterocycles. The average Bonchev–Trinajstić information content (AvgIpc) is 3.15. The summed E-state index contributed by atoms with van der Waals surface area (Å²) in [4.78, 5) is 4.00. The lowest BCUT2D eigenvalue weighted by molar-refractivity contribution is 0.626. The van der Waals surface area contributed by atoms with E-state index in [9.17, 15) is 9.65 Å². The van der Waals surface area contributed by atoms with Crippen LogP contribution in [-0.4, -0.2) is 14.8 Å². The fourth-order valence-electron chi connectivity index (χ4n) is 2.79. The number of fused-ring (bicyclic) bond motifs is 3. The standard InChI is InChI=1S/C15H10FN3S2/c16-10-1-2-11-9(5-10)6-13-14(11)21-15(20-13)12(7-17)19-4-3-18-8-19/h1-5,8,13-14H,6H2. The van der Waals surface area contributed by atoms with Crippen molar-refractivity contribution in [3.8, 4) is 6.07 Å². The second-order valence-corrected chi connectivity index (χ2v) is 7.62. The zero-order valence-electron chi connectivity index (χ0n) is 10.9. The third-order valence-electron chi connectivity index (χ3n) is 3.72. The molecule has 2 unspecified atom stereocenters. The summed E-state index contributed by atoms with van der Waals surface area (Å²) in [5.74, 6) is -0.171. The van der Waals surface area contributed by atoms with Crippen molar-refractivity contribution >= 4 is 29.2 Å². The molecule has 0 spiro atoms. The van der Waals surface area contributed by atoms with E-state index >= 15 is 0 Å². The number of hydrogen-bond donors (Lipinski definition) is 0. The lowest BCUT2D eigenvalue weighted by Gasteiger charge is -2.07. The normalized spacial score (nSPS) is 25.3. The maximum Gasteiger partial charge on any atom is 0.145 e. The summed E-state index contributed by atoms with van der Waals surface area (Å²) < 4.78 is 16.1. The van der Waals surface area contributed by atoms with Gasteiger partial charge in [0.05, 0.1) is 10.6 Å². The zero-order valence-corrected chi connectivity index (χ0v) is 12.5. The van der Waals surface area contributed by atoms with Gasteiger partial charge in [-0.3, -0.25) is 4.57 Å². The first-order valence-electron chi connectivity index (χ1n) is 6.50. The first-order valence-corrected chi connectivity index (χ1v) is 8.26. The van der Waals surface area contributed by atoms with Crippen LogP contribution in [0.4, 0.5) is 4.39 Å². The summed E-state index contributed by atoms with van der Waals surface area (Å²) in [5, 5.41) is 10.1. The number of nitriles is 1. The topological polar surface area (TPSA) is 41.6 Å². The van der Waals surface area contributed by atoms with E-state index in [2.05, 4.69) is 11.1 Å². The van der Waals surface area contributed by atoms with Gasteiger partial charge in [-0.25, -0.2) is 9.37 Å². The monoisotopic (exact) mass is 315 g/mol. The highest BCUT2D eigenvalue weighted by Gasteiger charge is 2.41. The van der Waals surface area contributed by atoms with Gasteiger partial charge in [0, 0.05) is 22.9 Å². The van der Waals surface area contributed by atoms with Gasteiger partial charge in [0.1, 0.15) is 17.6 Å². The summed E-state index contributed by atoms with van der Waals surface area (Å²) in [6, 6.07) is 7.31. The van der Waals surface area contributed by atoms with Gasteiger partial charge in [0.25, 0.3) is 0 Å². The Hall–Kier alpha value is -1.71. The lowest BCUT2D eigenvalue weighted by Crippen LogP contribution is -1.99. The highest BCUT2D eigenvalue weighted by atomic mass is 32.2. The van der Waals surface area contributed by atoms with Crippen LogP contribution in [0.15, 0.2) is 41.2 Å². The Morgan fingerprint density at radius 3 is 3.10 bits per heavy atom. The van der Waals surface area contributed by atoms with E-state index in [1.165, 1.54) is 11.6 Å². The van der Waals surface area contributed by atoms with Crippen LogP contribution in [0.2, 0.25) is 0 Å². The maximum atomic E-state index is 13.3. The number of thioether (sulfide) groups is 2. The molecule has 0 amide bonds. The molecule has 21 heavy (non-hydrogen) atoms. The van der Waals surface area contributed by atoms with Crippen LogP contribution in [-0.2, 0) is 6.42 Å². The minimum absolute atomic E-state index is 0.171. The highest BCUT2D eigenvalue weighted by molar-refractivity contribution is 8.26. The van der Waals surface area contributed by atoms with E-state index in [-0.39, 0.29) is 5.82 Å². The fourth-order valence-corrected chi connectivity index (χ4v) is 6.19. The Kier molecular flexibility index (Phi) is 3.05. The molecular formula is C15H10FN3S2. The van der Waals surface area contributed by atoms with Crippen LogP contribution in [0.3, 0.4) is 0 Å². The number of allylic oxidation sites excluding steroid dienone is 1. The number of imidazole rings is 1. The van der Waals surface area contributed by atoms with Gasteiger partial charge in [-0.15, -0.1) is 23.5 Å². The second-order valence-electron chi connectivity index (χ2n) is 4.96. The Bertz CT molecular complexity index is 777. The van der Waals surface area contributed by atoms with Crippen molar-refractivity contribution in [1.29, 1.82) is 5.26 Å². The molecular weight excluding hydrogens is 305 g/mol. The molecule has 1 fully saturated rings. The Morgan fingerprint density at radius 2 is 2.33 bits per heavy atom. The number of hydrogen-bond acceptors (Lipinski definition) is 4. The molecule has 2 aromatic rings. The van der Waals surface area contributed by atoms with E-state index in [1.54, 1.807) is 52.9 Å². The summed E-state index contributed by atoms with van der Waals surface area (Å²) in [5.41, 5.74) is 2.93. The molecule has 0 radical (unpaired) electrons. The molecule has 104 valence electrons. The molecule has 2 aliphatic rings. The predicted octanol–water partition coefficient (Wildman–Crippen LogP) is 3.82. The number of benzene rings is 1. The molecule has 1 aromatic carbocycles. The van der Waals surface area contributed by atoms with E-state index in [0.29, 0.717) is 16.2 Å². The molecule has 2 heterocycles. The van der Waals surface area contributed by atoms with Crippen LogP contribution in [0, 0.1) is 17.1 Å². The van der Waals surface area contributed by atoms with E-state index in [0.717, 1.165) is 16.2 Å². The van der Waals surface area contributed by atoms with Gasteiger partial charge >= 0.3 is 0 Å². The van der Waals surface area contributed by atoms with E-state index < -0.39 is 0 Å². The van der Waals surface area contributed by atoms with Gasteiger partial charge < -0.3 is 0 Å². The van der Waals surface area contributed by atoms with Gasteiger partial charge in [0.2, 0.25) is 0 Å². The summed E-state index contributed by atoms with van der Waals surface area (Å²) >= 11 is 3.43. The first-order chi connectivity index (χ1) is 10.3. The van der Waals surface area contributed by atoms with Gasteiger partial charge in [-0.2, -0.15) is 5.26 Å². The van der Waals surface area contributed by atoms with Crippen LogP contribution in [0.5, 0.6) is 0 Å². The number of nitrogens with zero attached hydrogens (tertiary/aromatic N) is 3. The fraction of sp³-hybridized carbons (Fsp3) is 0.200. The van der Waals surface area contributed by atoms with E-state index in [1.807, 2.05) is 6.07 Å².